The number of piperidine rings is 1. The van der Waals surface area contributed by atoms with E-state index in [1.54, 1.807) is 20.0 Å². The average Bonchev–Trinajstić information content (AvgIpc) is 3.71. The lowest BCUT2D eigenvalue weighted by atomic mass is 10.0. The smallest absolute Gasteiger partial charge is 0.276 e. The molecular formula is C29H34F4N6O2. The fourth-order valence-corrected chi connectivity index (χ4v) is 5.88. The van der Waals surface area contributed by atoms with Gasteiger partial charge in [-0.05, 0) is 39.5 Å². The second kappa shape index (κ2) is 10.9. The van der Waals surface area contributed by atoms with E-state index in [-0.39, 0.29) is 17.2 Å². The highest BCUT2D eigenvalue weighted by molar-refractivity contribution is 5.96. The zero-order chi connectivity index (χ0) is 28.9. The van der Waals surface area contributed by atoms with Crippen LogP contribution < -0.4 is 16.2 Å². The summed E-state index contributed by atoms with van der Waals surface area (Å²) in [5.41, 5.74) is -1.19. The van der Waals surface area contributed by atoms with Gasteiger partial charge in [-0.25, -0.2) is 27.5 Å². The summed E-state index contributed by atoms with van der Waals surface area (Å²) in [5, 5.41) is 7.07. The third-order valence-electron chi connectivity index (χ3n) is 8.70. The van der Waals surface area contributed by atoms with Gasteiger partial charge in [0.05, 0.1) is 41.8 Å². The standard InChI is InChI=1S/C29H34F4N6O2/c1-16(20-4-3-5-21(23(20)31)26(32)33)34-27-22-12-39(29(15-30)8-9-29)28(40)25(24(22)35-17(2)36-27)37-18-6-10-38(11-7-18)19-13-41-14-19/h3-5,12,16,18-19,26,37H,6-11,13-15H2,1-2H3,(H,34,35,36)/t16-/m1/s1. The molecule has 0 bridgehead atoms. The lowest BCUT2D eigenvalue weighted by molar-refractivity contribution is -0.0705. The molecule has 0 unspecified atom stereocenters. The molecule has 220 valence electrons. The van der Waals surface area contributed by atoms with E-state index in [0.717, 1.165) is 45.2 Å². The first kappa shape index (κ1) is 27.9. The fraction of sp³-hybridized carbons (Fsp3) is 0.552. The summed E-state index contributed by atoms with van der Waals surface area (Å²) in [4.78, 5) is 25.4. The maximum atomic E-state index is 15.0. The van der Waals surface area contributed by atoms with Crippen LogP contribution in [0.1, 0.15) is 62.0 Å². The Morgan fingerprint density at radius 2 is 1.85 bits per heavy atom. The number of likely N-dealkylation sites (tertiary alicyclic amines) is 1. The third kappa shape index (κ3) is 5.16. The highest BCUT2D eigenvalue weighted by Gasteiger charge is 2.46. The number of fused-ring (bicyclic) bond motifs is 1. The molecule has 1 saturated carbocycles. The molecule has 12 heteroatoms. The summed E-state index contributed by atoms with van der Waals surface area (Å²) >= 11 is 0. The molecule has 0 amide bonds. The maximum Gasteiger partial charge on any atom is 0.276 e. The molecule has 2 aromatic heterocycles. The molecule has 3 aromatic rings. The number of rotatable bonds is 9. The van der Waals surface area contributed by atoms with E-state index in [0.29, 0.717) is 47.1 Å². The summed E-state index contributed by atoms with van der Waals surface area (Å²) in [7, 11) is 0. The Morgan fingerprint density at radius 3 is 2.46 bits per heavy atom. The van der Waals surface area contributed by atoms with Crippen LogP contribution in [-0.2, 0) is 10.3 Å². The van der Waals surface area contributed by atoms with Crippen LogP contribution in [-0.4, -0.2) is 64.5 Å². The van der Waals surface area contributed by atoms with Crippen molar-refractivity contribution in [1.82, 2.24) is 19.4 Å². The van der Waals surface area contributed by atoms with Crippen molar-refractivity contribution in [2.45, 2.75) is 69.6 Å². The molecule has 8 nitrogen and oxygen atoms in total. The highest BCUT2D eigenvalue weighted by Crippen LogP contribution is 2.44. The minimum Gasteiger partial charge on any atom is -0.378 e. The van der Waals surface area contributed by atoms with Gasteiger partial charge in [-0.1, -0.05) is 18.2 Å². The zero-order valence-electron chi connectivity index (χ0n) is 23.1. The molecule has 1 aliphatic carbocycles. The van der Waals surface area contributed by atoms with Crippen LogP contribution in [0.25, 0.3) is 10.9 Å². The molecule has 0 spiro atoms. The summed E-state index contributed by atoms with van der Waals surface area (Å²) in [6, 6.07) is 3.64. The van der Waals surface area contributed by atoms with E-state index in [1.165, 1.54) is 16.7 Å². The van der Waals surface area contributed by atoms with E-state index >= 15 is 0 Å². The SMILES string of the molecule is Cc1nc(N[C@H](C)c2cccc(C(F)F)c2F)c2cn(C3(CF)CC3)c(=O)c(NC3CCN(C4COC4)CC3)c2n1. The van der Waals surface area contributed by atoms with E-state index < -0.39 is 36.1 Å². The van der Waals surface area contributed by atoms with Crippen LogP contribution in [0.5, 0.6) is 0 Å². The van der Waals surface area contributed by atoms with Gasteiger partial charge in [0.15, 0.2) is 0 Å². The van der Waals surface area contributed by atoms with E-state index in [4.69, 9.17) is 4.74 Å². The van der Waals surface area contributed by atoms with Crippen LogP contribution in [0.3, 0.4) is 0 Å². The fourth-order valence-electron chi connectivity index (χ4n) is 5.88. The molecule has 2 saturated heterocycles. The van der Waals surface area contributed by atoms with Crippen molar-refractivity contribution >= 4 is 22.4 Å². The van der Waals surface area contributed by atoms with Crippen LogP contribution in [0.15, 0.2) is 29.2 Å². The molecule has 6 rings (SSSR count). The Hall–Kier alpha value is -3.25. The molecule has 3 aliphatic rings. The predicted octanol–water partition coefficient (Wildman–Crippen LogP) is 5.08. The molecular weight excluding hydrogens is 540 g/mol. The average molecular weight is 575 g/mol. The lowest BCUT2D eigenvalue weighted by Crippen LogP contribution is -2.53. The quantitative estimate of drug-likeness (QED) is 0.345. The molecule has 2 N–H and O–H groups in total. The minimum absolute atomic E-state index is 0.0244. The second-order valence-electron chi connectivity index (χ2n) is 11.5. The van der Waals surface area contributed by atoms with Gasteiger partial charge in [-0.15, -0.1) is 0 Å². The number of anilines is 2. The highest BCUT2D eigenvalue weighted by atomic mass is 19.3. The number of benzene rings is 1. The first-order valence-electron chi connectivity index (χ1n) is 14.1. The first-order valence-corrected chi connectivity index (χ1v) is 14.1. The Morgan fingerprint density at radius 1 is 1.15 bits per heavy atom. The number of nitrogens with one attached hydrogen (secondary N) is 2. The number of aromatic nitrogens is 3. The monoisotopic (exact) mass is 574 g/mol. The Kier molecular flexibility index (Phi) is 7.39. The van der Waals surface area contributed by atoms with Crippen molar-refractivity contribution in [2.24, 2.45) is 0 Å². The Labute approximate surface area is 235 Å². The molecule has 4 heterocycles. The molecule has 3 fully saturated rings. The van der Waals surface area contributed by atoms with Gasteiger partial charge in [0.25, 0.3) is 12.0 Å². The molecule has 41 heavy (non-hydrogen) atoms. The van der Waals surface area contributed by atoms with Gasteiger partial charge in [0.1, 0.15) is 35.3 Å². The van der Waals surface area contributed by atoms with Crippen molar-refractivity contribution in [2.75, 3.05) is 43.6 Å². The molecule has 0 radical (unpaired) electrons. The molecule has 1 atom stereocenters. The number of aryl methyl sites for hydroxylation is 1. The van der Waals surface area contributed by atoms with Gasteiger partial charge < -0.3 is 19.9 Å². The van der Waals surface area contributed by atoms with Crippen LogP contribution in [0.4, 0.5) is 29.1 Å². The maximum absolute atomic E-state index is 15.0. The van der Waals surface area contributed by atoms with Gasteiger partial charge >= 0.3 is 0 Å². The lowest BCUT2D eigenvalue weighted by Gasteiger charge is -2.41. The van der Waals surface area contributed by atoms with E-state index in [2.05, 4.69) is 25.5 Å². The van der Waals surface area contributed by atoms with E-state index in [9.17, 15) is 22.4 Å². The third-order valence-corrected chi connectivity index (χ3v) is 8.70. The Balaban J connectivity index is 1.38. The van der Waals surface area contributed by atoms with Crippen molar-refractivity contribution in [3.05, 3.63) is 57.5 Å². The van der Waals surface area contributed by atoms with Gasteiger partial charge in [0, 0.05) is 30.9 Å². The second-order valence-corrected chi connectivity index (χ2v) is 11.5. The van der Waals surface area contributed by atoms with Crippen molar-refractivity contribution < 1.29 is 22.3 Å². The van der Waals surface area contributed by atoms with Crippen molar-refractivity contribution in [3.8, 4) is 0 Å². The number of nitrogens with zero attached hydrogens (tertiary/aromatic N) is 4. The Bertz CT molecular complexity index is 1500. The summed E-state index contributed by atoms with van der Waals surface area (Å²) < 4.78 is 62.7. The normalized spacial score (nSPS) is 20.3. The van der Waals surface area contributed by atoms with E-state index in [1.807, 2.05) is 0 Å². The number of alkyl halides is 3. The number of ether oxygens (including phenoxy) is 1. The number of pyridine rings is 1. The van der Waals surface area contributed by atoms with Crippen LogP contribution >= 0.6 is 0 Å². The molecule has 1 aromatic carbocycles. The largest absolute Gasteiger partial charge is 0.378 e. The number of hydrogen-bond donors (Lipinski definition) is 2. The van der Waals surface area contributed by atoms with Crippen molar-refractivity contribution in [3.63, 3.8) is 0 Å². The molecule has 2 aliphatic heterocycles. The topological polar surface area (TPSA) is 84.3 Å². The summed E-state index contributed by atoms with van der Waals surface area (Å²) in [5.74, 6) is -0.292. The summed E-state index contributed by atoms with van der Waals surface area (Å²) in [6.07, 6.45) is 1.35. The first-order chi connectivity index (χ1) is 19.7. The van der Waals surface area contributed by atoms with Crippen LogP contribution in [0, 0.1) is 12.7 Å². The predicted molar refractivity (Wildman–Crippen MR) is 148 cm³/mol. The minimum atomic E-state index is -2.95. The van der Waals surface area contributed by atoms with Gasteiger partial charge in [-0.3, -0.25) is 9.69 Å². The van der Waals surface area contributed by atoms with Gasteiger partial charge in [-0.2, -0.15) is 0 Å². The van der Waals surface area contributed by atoms with Crippen molar-refractivity contribution in [1.29, 1.82) is 0 Å². The zero-order valence-corrected chi connectivity index (χ0v) is 23.1. The summed E-state index contributed by atoms with van der Waals surface area (Å²) in [6.45, 7) is 5.90. The van der Waals surface area contributed by atoms with Gasteiger partial charge in [0.2, 0.25) is 0 Å². The van der Waals surface area contributed by atoms with Crippen LogP contribution in [0.2, 0.25) is 0 Å². The number of halogens is 4. The number of hydrogen-bond acceptors (Lipinski definition) is 7.